The van der Waals surface area contributed by atoms with Crippen LogP contribution >= 0.6 is 0 Å². The lowest BCUT2D eigenvalue weighted by atomic mass is 9.62. The molecule has 4 nitrogen and oxygen atoms in total. The van der Waals surface area contributed by atoms with Crippen LogP contribution in [0, 0.1) is 16.7 Å². The van der Waals surface area contributed by atoms with Crippen molar-refractivity contribution in [3.05, 3.63) is 0 Å². The summed E-state index contributed by atoms with van der Waals surface area (Å²) < 4.78 is 0. The third-order valence-electron chi connectivity index (χ3n) is 4.35. The highest BCUT2D eigenvalue weighted by Crippen LogP contribution is 2.45. The molecule has 0 radical (unpaired) electrons. The predicted molar refractivity (Wildman–Crippen MR) is 85.8 cm³/mol. The second-order valence-corrected chi connectivity index (χ2v) is 8.05. The van der Waals surface area contributed by atoms with Crippen molar-refractivity contribution in [2.75, 3.05) is 6.54 Å². The first-order valence-corrected chi connectivity index (χ1v) is 8.14. The smallest absolute Gasteiger partial charge is 0.222 e. The fourth-order valence-electron chi connectivity index (χ4n) is 3.68. The monoisotopic (exact) mass is 296 g/mol. The van der Waals surface area contributed by atoms with Crippen LogP contribution in [0.15, 0.2) is 0 Å². The van der Waals surface area contributed by atoms with E-state index in [-0.39, 0.29) is 34.6 Å². The van der Waals surface area contributed by atoms with Crippen LogP contribution in [0.5, 0.6) is 0 Å². The van der Waals surface area contributed by atoms with Gasteiger partial charge in [-0.2, -0.15) is 0 Å². The molecule has 1 rings (SSSR count). The molecule has 1 aliphatic carbocycles. The minimum atomic E-state index is 0.0149. The van der Waals surface area contributed by atoms with Crippen LogP contribution < -0.4 is 10.6 Å². The predicted octanol–water partition coefficient (Wildman–Crippen LogP) is 2.87. The van der Waals surface area contributed by atoms with Gasteiger partial charge in [-0.3, -0.25) is 9.59 Å². The molecule has 0 aliphatic heterocycles. The van der Waals surface area contributed by atoms with E-state index in [4.69, 9.17) is 0 Å². The standard InChI is InChI=1S/C17H32N2O2/c1-7-14(20)18-11-17(6)9-13(8-16(4,5)10-17)19-15(21)12(2)3/h12-13H,7-11H2,1-6H3,(H,18,20)(H,19,21). The number of hydrogen-bond donors (Lipinski definition) is 2. The molecule has 1 fully saturated rings. The summed E-state index contributed by atoms with van der Waals surface area (Å²) in [5.41, 5.74) is 0.223. The van der Waals surface area contributed by atoms with E-state index in [0.717, 1.165) is 19.3 Å². The van der Waals surface area contributed by atoms with Crippen molar-refractivity contribution in [3.8, 4) is 0 Å². The zero-order valence-electron chi connectivity index (χ0n) is 14.5. The molecule has 0 spiro atoms. The first kappa shape index (κ1) is 18.0. The van der Waals surface area contributed by atoms with Gasteiger partial charge in [0, 0.05) is 24.9 Å². The van der Waals surface area contributed by atoms with Gasteiger partial charge in [-0.15, -0.1) is 0 Å². The molecule has 1 aliphatic rings. The SMILES string of the molecule is CCC(=O)NCC1(C)CC(NC(=O)C(C)C)CC(C)(C)C1. The first-order chi connectivity index (χ1) is 9.57. The summed E-state index contributed by atoms with van der Waals surface area (Å²) >= 11 is 0. The van der Waals surface area contributed by atoms with Gasteiger partial charge >= 0.3 is 0 Å². The maximum absolute atomic E-state index is 12.0. The van der Waals surface area contributed by atoms with E-state index < -0.39 is 0 Å². The molecule has 0 saturated heterocycles. The fraction of sp³-hybridized carbons (Fsp3) is 0.882. The third kappa shape index (κ3) is 5.68. The maximum atomic E-state index is 12.0. The van der Waals surface area contributed by atoms with Gasteiger partial charge in [-0.1, -0.05) is 41.5 Å². The number of nitrogens with one attached hydrogen (secondary N) is 2. The largest absolute Gasteiger partial charge is 0.356 e. The van der Waals surface area contributed by atoms with Crippen LogP contribution in [-0.4, -0.2) is 24.4 Å². The van der Waals surface area contributed by atoms with Gasteiger partial charge in [-0.05, 0) is 30.1 Å². The molecule has 4 heteroatoms. The summed E-state index contributed by atoms with van der Waals surface area (Å²) in [7, 11) is 0. The third-order valence-corrected chi connectivity index (χ3v) is 4.35. The molecular weight excluding hydrogens is 264 g/mol. The van der Waals surface area contributed by atoms with E-state index in [9.17, 15) is 9.59 Å². The maximum Gasteiger partial charge on any atom is 0.222 e. The van der Waals surface area contributed by atoms with E-state index in [0.29, 0.717) is 13.0 Å². The van der Waals surface area contributed by atoms with Crippen molar-refractivity contribution >= 4 is 11.8 Å². The van der Waals surface area contributed by atoms with Crippen molar-refractivity contribution in [1.29, 1.82) is 0 Å². The Morgan fingerprint density at radius 1 is 1.19 bits per heavy atom. The number of hydrogen-bond acceptors (Lipinski definition) is 2. The Kier molecular flexibility index (Phi) is 5.83. The summed E-state index contributed by atoms with van der Waals surface area (Å²) in [4.78, 5) is 23.5. The molecule has 0 bridgehead atoms. The molecule has 0 aromatic heterocycles. The van der Waals surface area contributed by atoms with Crippen LogP contribution in [0.3, 0.4) is 0 Å². The van der Waals surface area contributed by atoms with E-state index in [2.05, 4.69) is 31.4 Å². The Morgan fingerprint density at radius 2 is 1.81 bits per heavy atom. The second kappa shape index (κ2) is 6.80. The van der Waals surface area contributed by atoms with Gasteiger partial charge < -0.3 is 10.6 Å². The number of carbonyl (C=O) groups is 2. The molecule has 1 saturated carbocycles. The Balaban J connectivity index is 2.72. The van der Waals surface area contributed by atoms with Gasteiger partial charge in [0.2, 0.25) is 11.8 Å². The van der Waals surface area contributed by atoms with E-state index in [1.807, 2.05) is 20.8 Å². The van der Waals surface area contributed by atoms with Crippen molar-refractivity contribution in [2.24, 2.45) is 16.7 Å². The van der Waals surface area contributed by atoms with Gasteiger partial charge in [0.15, 0.2) is 0 Å². The highest BCUT2D eigenvalue weighted by molar-refractivity contribution is 5.78. The van der Waals surface area contributed by atoms with Crippen molar-refractivity contribution < 1.29 is 9.59 Å². The number of carbonyl (C=O) groups excluding carboxylic acids is 2. The molecule has 2 amide bonds. The minimum Gasteiger partial charge on any atom is -0.356 e. The quantitative estimate of drug-likeness (QED) is 0.819. The average Bonchev–Trinajstić information content (AvgIpc) is 2.33. The Hall–Kier alpha value is -1.06. The lowest BCUT2D eigenvalue weighted by molar-refractivity contribution is -0.126. The molecule has 0 aromatic carbocycles. The van der Waals surface area contributed by atoms with Crippen LogP contribution in [0.4, 0.5) is 0 Å². The van der Waals surface area contributed by atoms with Gasteiger partial charge in [0.05, 0.1) is 0 Å². The highest BCUT2D eigenvalue weighted by atomic mass is 16.2. The minimum absolute atomic E-state index is 0.0149. The summed E-state index contributed by atoms with van der Waals surface area (Å²) in [6.45, 7) is 13.1. The molecule has 0 heterocycles. The Morgan fingerprint density at radius 3 is 2.33 bits per heavy atom. The topological polar surface area (TPSA) is 58.2 Å². The van der Waals surface area contributed by atoms with E-state index in [1.165, 1.54) is 0 Å². The summed E-state index contributed by atoms with van der Waals surface area (Å²) in [5.74, 6) is 0.237. The summed E-state index contributed by atoms with van der Waals surface area (Å²) in [6.07, 6.45) is 3.52. The Labute approximate surface area is 129 Å². The average molecular weight is 296 g/mol. The second-order valence-electron chi connectivity index (χ2n) is 8.05. The molecular formula is C17H32N2O2. The molecule has 122 valence electrons. The van der Waals surface area contributed by atoms with Crippen LogP contribution in [0.1, 0.15) is 67.2 Å². The van der Waals surface area contributed by atoms with Crippen LogP contribution in [-0.2, 0) is 9.59 Å². The van der Waals surface area contributed by atoms with Gasteiger partial charge in [-0.25, -0.2) is 0 Å². The first-order valence-electron chi connectivity index (χ1n) is 8.14. The molecule has 0 aromatic rings. The van der Waals surface area contributed by atoms with Gasteiger partial charge in [0.1, 0.15) is 0 Å². The van der Waals surface area contributed by atoms with Crippen molar-refractivity contribution in [1.82, 2.24) is 10.6 Å². The number of rotatable bonds is 5. The zero-order chi connectivity index (χ0) is 16.3. The van der Waals surface area contributed by atoms with E-state index >= 15 is 0 Å². The fourth-order valence-corrected chi connectivity index (χ4v) is 3.68. The van der Waals surface area contributed by atoms with Crippen molar-refractivity contribution in [2.45, 2.75) is 73.3 Å². The molecule has 21 heavy (non-hydrogen) atoms. The molecule has 2 N–H and O–H groups in total. The Bertz CT molecular complexity index is 390. The number of amides is 2. The lowest BCUT2D eigenvalue weighted by Crippen LogP contribution is -2.51. The lowest BCUT2D eigenvalue weighted by Gasteiger charge is -2.47. The van der Waals surface area contributed by atoms with Crippen LogP contribution in [0.2, 0.25) is 0 Å². The summed E-state index contributed by atoms with van der Waals surface area (Å²) in [5, 5.41) is 6.20. The highest BCUT2D eigenvalue weighted by Gasteiger charge is 2.41. The normalized spacial score (nSPS) is 28.2. The van der Waals surface area contributed by atoms with Crippen LogP contribution in [0.25, 0.3) is 0 Å². The van der Waals surface area contributed by atoms with Gasteiger partial charge in [0.25, 0.3) is 0 Å². The zero-order valence-corrected chi connectivity index (χ0v) is 14.5. The molecule has 2 unspecified atom stereocenters. The molecule has 2 atom stereocenters. The summed E-state index contributed by atoms with van der Waals surface area (Å²) in [6, 6.07) is 0.201. The van der Waals surface area contributed by atoms with E-state index in [1.54, 1.807) is 0 Å². The van der Waals surface area contributed by atoms with Crippen molar-refractivity contribution in [3.63, 3.8) is 0 Å².